The first-order valence-corrected chi connectivity index (χ1v) is 10.3. The van der Waals surface area contributed by atoms with Crippen molar-refractivity contribution in [2.24, 2.45) is 0 Å². The summed E-state index contributed by atoms with van der Waals surface area (Å²) >= 11 is 9.13. The lowest BCUT2D eigenvalue weighted by Gasteiger charge is -2.21. The summed E-state index contributed by atoms with van der Waals surface area (Å²) in [7, 11) is 0. The number of benzene rings is 1. The first-order chi connectivity index (χ1) is 12.1. The van der Waals surface area contributed by atoms with Crippen LogP contribution in [0.15, 0.2) is 41.8 Å². The van der Waals surface area contributed by atoms with Gasteiger partial charge in [0.05, 0.1) is 12.2 Å². The highest BCUT2D eigenvalue weighted by Gasteiger charge is 2.34. The van der Waals surface area contributed by atoms with Crippen LogP contribution in [0.3, 0.4) is 0 Å². The van der Waals surface area contributed by atoms with Crippen LogP contribution in [-0.4, -0.2) is 21.8 Å². The van der Waals surface area contributed by atoms with Crippen LogP contribution >= 0.6 is 34.3 Å². The van der Waals surface area contributed by atoms with Crippen molar-refractivity contribution >= 4 is 40.2 Å². The molecule has 0 aliphatic heterocycles. The number of aromatic nitrogens is 1. The van der Waals surface area contributed by atoms with Crippen LogP contribution in [0.2, 0.25) is 5.02 Å². The second-order valence-corrected chi connectivity index (χ2v) is 8.65. The number of carbonyl (C=O) groups is 1. The van der Waals surface area contributed by atoms with Gasteiger partial charge in [-0.1, -0.05) is 29.8 Å². The second-order valence-electron chi connectivity index (χ2n) is 6.18. The molecule has 3 nitrogen and oxygen atoms in total. The van der Waals surface area contributed by atoms with Crippen LogP contribution in [0, 0.1) is 6.92 Å². The fourth-order valence-corrected chi connectivity index (χ4v) is 4.62. The number of hydrogen-bond donors (Lipinski definition) is 0. The van der Waals surface area contributed by atoms with Gasteiger partial charge in [-0.3, -0.25) is 4.79 Å². The van der Waals surface area contributed by atoms with Gasteiger partial charge in [-0.2, -0.15) is 0 Å². The zero-order chi connectivity index (χ0) is 17.4. The van der Waals surface area contributed by atoms with E-state index < -0.39 is 0 Å². The number of rotatable bonds is 5. The molecule has 1 saturated carbocycles. The molecule has 0 radical (unpaired) electrons. The summed E-state index contributed by atoms with van der Waals surface area (Å²) in [5.74, 6) is 0.103. The molecule has 1 aliphatic carbocycles. The van der Waals surface area contributed by atoms with Crippen molar-refractivity contribution in [3.05, 3.63) is 62.2 Å². The van der Waals surface area contributed by atoms with Crippen LogP contribution in [0.1, 0.15) is 33.1 Å². The average Bonchev–Trinajstić information content (AvgIpc) is 3.17. The molecule has 0 bridgehead atoms. The van der Waals surface area contributed by atoms with E-state index in [1.807, 2.05) is 42.2 Å². The number of thiophene rings is 1. The van der Waals surface area contributed by atoms with Crippen LogP contribution < -0.4 is 0 Å². The summed E-state index contributed by atoms with van der Waals surface area (Å²) in [4.78, 5) is 21.8. The number of aryl methyl sites for hydroxylation is 1. The topological polar surface area (TPSA) is 33.2 Å². The average molecular weight is 389 g/mol. The van der Waals surface area contributed by atoms with Crippen LogP contribution in [0.5, 0.6) is 0 Å². The zero-order valence-electron chi connectivity index (χ0n) is 13.7. The van der Waals surface area contributed by atoms with Crippen molar-refractivity contribution in [1.82, 2.24) is 9.88 Å². The van der Waals surface area contributed by atoms with Crippen molar-refractivity contribution in [3.8, 4) is 10.6 Å². The summed E-state index contributed by atoms with van der Waals surface area (Å²) in [5.41, 5.74) is 1.80. The molecule has 2 heterocycles. The van der Waals surface area contributed by atoms with Gasteiger partial charge in [0.25, 0.3) is 5.91 Å². The molecule has 0 N–H and O–H groups in total. The molecule has 128 valence electrons. The Hall–Kier alpha value is -1.69. The largest absolute Gasteiger partial charge is 0.330 e. The minimum atomic E-state index is 0.103. The summed E-state index contributed by atoms with van der Waals surface area (Å²) in [6, 6.07) is 12.1. The van der Waals surface area contributed by atoms with Gasteiger partial charge in [-0.25, -0.2) is 4.98 Å². The van der Waals surface area contributed by atoms with Crippen LogP contribution in [0.4, 0.5) is 0 Å². The highest BCUT2D eigenvalue weighted by Crippen LogP contribution is 2.34. The Kier molecular flexibility index (Phi) is 4.63. The Labute approximate surface area is 159 Å². The Morgan fingerprint density at radius 1 is 1.28 bits per heavy atom. The number of thiazole rings is 1. The molecule has 0 spiro atoms. The molecule has 1 amide bonds. The molecule has 0 saturated heterocycles. The maximum atomic E-state index is 13.2. The minimum Gasteiger partial charge on any atom is -0.330 e. The Bertz CT molecular complexity index is 883. The third-order valence-electron chi connectivity index (χ3n) is 4.24. The van der Waals surface area contributed by atoms with E-state index in [-0.39, 0.29) is 5.91 Å². The van der Waals surface area contributed by atoms with Crippen molar-refractivity contribution in [2.75, 3.05) is 0 Å². The highest BCUT2D eigenvalue weighted by atomic mass is 35.5. The number of nitrogens with zero attached hydrogens (tertiary/aromatic N) is 2. The van der Waals surface area contributed by atoms with Gasteiger partial charge < -0.3 is 4.90 Å². The third-order valence-corrected chi connectivity index (χ3v) is 6.54. The van der Waals surface area contributed by atoms with Crippen molar-refractivity contribution in [3.63, 3.8) is 0 Å². The van der Waals surface area contributed by atoms with E-state index >= 15 is 0 Å². The number of carbonyl (C=O) groups excluding carboxylic acids is 1. The Morgan fingerprint density at radius 2 is 2.04 bits per heavy atom. The maximum Gasteiger partial charge on any atom is 0.266 e. The van der Waals surface area contributed by atoms with E-state index in [2.05, 4.69) is 16.4 Å². The summed E-state index contributed by atoms with van der Waals surface area (Å²) in [5, 5.41) is 3.62. The molecule has 2 aromatic heterocycles. The van der Waals surface area contributed by atoms with E-state index in [0.29, 0.717) is 17.6 Å². The molecule has 0 atom stereocenters. The predicted molar refractivity (Wildman–Crippen MR) is 105 cm³/mol. The smallest absolute Gasteiger partial charge is 0.266 e. The van der Waals surface area contributed by atoms with Gasteiger partial charge in [0.15, 0.2) is 0 Å². The van der Waals surface area contributed by atoms with Crippen molar-refractivity contribution in [1.29, 1.82) is 0 Å². The fraction of sp³-hybridized carbons (Fsp3) is 0.263. The lowest BCUT2D eigenvalue weighted by Crippen LogP contribution is -2.32. The van der Waals surface area contributed by atoms with Gasteiger partial charge in [-0.05, 0) is 43.3 Å². The molecule has 3 aromatic rings. The number of amides is 1. The first-order valence-electron chi connectivity index (χ1n) is 8.18. The first kappa shape index (κ1) is 16.8. The van der Waals surface area contributed by atoms with E-state index in [0.717, 1.165) is 34.0 Å². The van der Waals surface area contributed by atoms with E-state index in [9.17, 15) is 4.79 Å². The van der Waals surface area contributed by atoms with Crippen LogP contribution in [0.25, 0.3) is 10.6 Å². The Morgan fingerprint density at radius 3 is 2.68 bits per heavy atom. The van der Waals surface area contributed by atoms with Crippen molar-refractivity contribution in [2.45, 2.75) is 32.4 Å². The highest BCUT2D eigenvalue weighted by molar-refractivity contribution is 7.17. The van der Waals surface area contributed by atoms with Crippen LogP contribution in [-0.2, 0) is 6.54 Å². The SMILES string of the molecule is Cc1nc(-c2ccc(Cl)cc2)sc1C(=O)N(Cc1cccs1)C1CC1. The molecular formula is C19H17ClN2OS2. The van der Waals surface area contributed by atoms with Gasteiger partial charge in [0.1, 0.15) is 9.88 Å². The third kappa shape index (κ3) is 3.64. The minimum absolute atomic E-state index is 0.103. The standard InChI is InChI=1S/C19H17ClN2OS2/c1-12-17(25-18(21-12)13-4-6-14(20)7-5-13)19(23)22(15-8-9-15)11-16-3-2-10-24-16/h2-7,10,15H,8-9,11H2,1H3. The number of halogens is 1. The second kappa shape index (κ2) is 6.90. The molecule has 25 heavy (non-hydrogen) atoms. The number of hydrogen-bond acceptors (Lipinski definition) is 4. The normalized spacial score (nSPS) is 13.8. The molecular weight excluding hydrogens is 372 g/mol. The molecule has 6 heteroatoms. The van der Waals surface area contributed by atoms with E-state index in [1.165, 1.54) is 16.2 Å². The van der Waals surface area contributed by atoms with E-state index in [4.69, 9.17) is 11.6 Å². The molecule has 0 unspecified atom stereocenters. The van der Waals surface area contributed by atoms with Gasteiger partial charge in [0, 0.05) is 21.5 Å². The molecule has 4 rings (SSSR count). The molecule has 1 aliphatic rings. The molecule has 1 aromatic carbocycles. The van der Waals surface area contributed by atoms with Gasteiger partial charge in [-0.15, -0.1) is 22.7 Å². The quantitative estimate of drug-likeness (QED) is 0.566. The predicted octanol–water partition coefficient (Wildman–Crippen LogP) is 5.64. The van der Waals surface area contributed by atoms with E-state index in [1.54, 1.807) is 11.3 Å². The zero-order valence-corrected chi connectivity index (χ0v) is 16.1. The van der Waals surface area contributed by atoms with Gasteiger partial charge >= 0.3 is 0 Å². The lowest BCUT2D eigenvalue weighted by molar-refractivity contribution is 0.0735. The van der Waals surface area contributed by atoms with Crippen molar-refractivity contribution < 1.29 is 4.79 Å². The Balaban J connectivity index is 1.61. The summed E-state index contributed by atoms with van der Waals surface area (Å²) in [6.45, 7) is 2.61. The molecule has 1 fully saturated rings. The summed E-state index contributed by atoms with van der Waals surface area (Å²) < 4.78 is 0. The fourth-order valence-electron chi connectivity index (χ4n) is 2.76. The maximum absolute atomic E-state index is 13.2. The monoisotopic (exact) mass is 388 g/mol. The lowest BCUT2D eigenvalue weighted by atomic mass is 10.2. The van der Waals surface area contributed by atoms with Gasteiger partial charge in [0.2, 0.25) is 0 Å². The summed E-state index contributed by atoms with van der Waals surface area (Å²) in [6.07, 6.45) is 2.19.